The summed E-state index contributed by atoms with van der Waals surface area (Å²) < 4.78 is 0. The molecule has 1 aliphatic carbocycles. The molecule has 0 bridgehead atoms. The summed E-state index contributed by atoms with van der Waals surface area (Å²) in [5, 5.41) is 15.5. The molecule has 2 rings (SSSR count). The molecule has 0 heterocycles. The van der Waals surface area contributed by atoms with Gasteiger partial charge < -0.3 is 15.7 Å². The second-order valence-electron chi connectivity index (χ2n) is 6.62. The first-order valence-corrected chi connectivity index (χ1v) is 7.67. The molecule has 0 aliphatic heterocycles. The molecule has 2 amide bonds. The van der Waals surface area contributed by atoms with Crippen LogP contribution in [-0.2, 0) is 0 Å². The number of benzene rings is 1. The maximum Gasteiger partial charge on any atom is 0.319 e. The number of hydrogen-bond acceptors (Lipinski definition) is 2. The predicted octanol–water partition coefficient (Wildman–Crippen LogP) is 3.40. The maximum absolute atomic E-state index is 12.3. The van der Waals surface area contributed by atoms with Gasteiger partial charge in [0.1, 0.15) is 0 Å². The molecule has 1 aromatic rings. The molecule has 1 saturated carbocycles. The fourth-order valence-corrected chi connectivity index (χ4v) is 2.74. The summed E-state index contributed by atoms with van der Waals surface area (Å²) in [4.78, 5) is 12.3. The molecule has 21 heavy (non-hydrogen) atoms. The SMILES string of the molecule is Cc1cccc(C(C)C)c1NC(=O)NC(C)(CO)C1CC1. The third-order valence-electron chi connectivity index (χ3n) is 4.37. The number of rotatable bonds is 5. The lowest BCUT2D eigenvalue weighted by atomic mass is 9.97. The number of urea groups is 1. The van der Waals surface area contributed by atoms with E-state index in [0.29, 0.717) is 11.8 Å². The van der Waals surface area contributed by atoms with Crippen LogP contribution >= 0.6 is 0 Å². The van der Waals surface area contributed by atoms with Gasteiger partial charge in [-0.05, 0) is 49.7 Å². The van der Waals surface area contributed by atoms with Gasteiger partial charge >= 0.3 is 6.03 Å². The molecule has 1 aromatic carbocycles. The van der Waals surface area contributed by atoms with E-state index in [1.54, 1.807) is 0 Å². The number of para-hydroxylation sites is 1. The third kappa shape index (κ3) is 3.56. The minimum atomic E-state index is -0.523. The molecule has 1 aliphatic rings. The van der Waals surface area contributed by atoms with Gasteiger partial charge in [0.2, 0.25) is 0 Å². The van der Waals surface area contributed by atoms with Crippen LogP contribution in [0.3, 0.4) is 0 Å². The number of hydrogen-bond donors (Lipinski definition) is 3. The topological polar surface area (TPSA) is 61.4 Å². The largest absolute Gasteiger partial charge is 0.394 e. The van der Waals surface area contributed by atoms with Gasteiger partial charge in [0.25, 0.3) is 0 Å². The molecule has 1 atom stereocenters. The Morgan fingerprint density at radius 1 is 1.43 bits per heavy atom. The number of aliphatic hydroxyl groups is 1. The van der Waals surface area contributed by atoms with Crippen LogP contribution in [0.2, 0.25) is 0 Å². The smallest absolute Gasteiger partial charge is 0.319 e. The number of aliphatic hydroxyl groups excluding tert-OH is 1. The van der Waals surface area contributed by atoms with Crippen molar-refractivity contribution >= 4 is 11.7 Å². The highest BCUT2D eigenvalue weighted by molar-refractivity contribution is 5.91. The van der Waals surface area contributed by atoms with Gasteiger partial charge in [0.15, 0.2) is 0 Å². The quantitative estimate of drug-likeness (QED) is 0.778. The maximum atomic E-state index is 12.3. The molecule has 116 valence electrons. The molecule has 1 unspecified atom stereocenters. The standard InChI is InChI=1S/C17H26N2O2/c1-11(2)14-7-5-6-12(3)15(14)18-16(21)19-17(4,10-20)13-8-9-13/h5-7,11,13,20H,8-10H2,1-4H3,(H2,18,19,21). The minimum absolute atomic E-state index is 0.0318. The fourth-order valence-electron chi connectivity index (χ4n) is 2.74. The number of carbonyl (C=O) groups excluding carboxylic acids is 1. The van der Waals surface area contributed by atoms with E-state index in [4.69, 9.17) is 0 Å². The van der Waals surface area contributed by atoms with Crippen molar-refractivity contribution in [3.63, 3.8) is 0 Å². The summed E-state index contributed by atoms with van der Waals surface area (Å²) in [5.74, 6) is 0.725. The van der Waals surface area contributed by atoms with E-state index in [0.717, 1.165) is 29.7 Å². The second-order valence-corrected chi connectivity index (χ2v) is 6.62. The second kappa shape index (κ2) is 6.06. The molecular weight excluding hydrogens is 264 g/mol. The van der Waals surface area contributed by atoms with Crippen molar-refractivity contribution < 1.29 is 9.90 Å². The van der Waals surface area contributed by atoms with Gasteiger partial charge in [0.05, 0.1) is 12.1 Å². The lowest BCUT2D eigenvalue weighted by Crippen LogP contribution is -2.52. The van der Waals surface area contributed by atoms with E-state index < -0.39 is 5.54 Å². The zero-order valence-electron chi connectivity index (χ0n) is 13.4. The van der Waals surface area contributed by atoms with Gasteiger partial charge in [-0.25, -0.2) is 4.79 Å². The van der Waals surface area contributed by atoms with Crippen LogP contribution in [0.4, 0.5) is 10.5 Å². The summed E-state index contributed by atoms with van der Waals surface area (Å²) in [7, 11) is 0. The lowest BCUT2D eigenvalue weighted by Gasteiger charge is -2.29. The van der Waals surface area contributed by atoms with Crippen molar-refractivity contribution in [1.29, 1.82) is 0 Å². The Labute approximate surface area is 126 Å². The van der Waals surface area contributed by atoms with Gasteiger partial charge in [-0.15, -0.1) is 0 Å². The van der Waals surface area contributed by atoms with Crippen LogP contribution in [0, 0.1) is 12.8 Å². The summed E-state index contributed by atoms with van der Waals surface area (Å²) in [6.45, 7) is 8.09. The predicted molar refractivity (Wildman–Crippen MR) is 85.6 cm³/mol. The molecule has 0 radical (unpaired) electrons. The van der Waals surface area contributed by atoms with E-state index in [1.807, 2.05) is 32.0 Å². The van der Waals surface area contributed by atoms with E-state index in [-0.39, 0.29) is 12.6 Å². The van der Waals surface area contributed by atoms with Crippen molar-refractivity contribution in [1.82, 2.24) is 5.32 Å². The first-order valence-electron chi connectivity index (χ1n) is 7.67. The van der Waals surface area contributed by atoms with Crippen molar-refractivity contribution in [3.8, 4) is 0 Å². The Kier molecular flexibility index (Phi) is 4.57. The third-order valence-corrected chi connectivity index (χ3v) is 4.37. The zero-order chi connectivity index (χ0) is 15.6. The van der Waals surface area contributed by atoms with Crippen LogP contribution in [-0.4, -0.2) is 23.3 Å². The molecule has 4 heteroatoms. The lowest BCUT2D eigenvalue weighted by molar-refractivity contribution is 0.159. The number of anilines is 1. The van der Waals surface area contributed by atoms with Crippen LogP contribution in [0.15, 0.2) is 18.2 Å². The fraction of sp³-hybridized carbons (Fsp3) is 0.588. The average molecular weight is 290 g/mol. The zero-order valence-corrected chi connectivity index (χ0v) is 13.4. The monoisotopic (exact) mass is 290 g/mol. The molecule has 0 spiro atoms. The van der Waals surface area contributed by atoms with Crippen LogP contribution in [0.1, 0.15) is 50.7 Å². The van der Waals surface area contributed by atoms with Crippen molar-refractivity contribution in [2.75, 3.05) is 11.9 Å². The summed E-state index contributed by atoms with van der Waals surface area (Å²) >= 11 is 0. The van der Waals surface area contributed by atoms with Crippen molar-refractivity contribution in [2.24, 2.45) is 5.92 Å². The van der Waals surface area contributed by atoms with E-state index in [9.17, 15) is 9.90 Å². The van der Waals surface area contributed by atoms with E-state index >= 15 is 0 Å². The summed E-state index contributed by atoms with van der Waals surface area (Å²) in [6, 6.07) is 5.80. The van der Waals surface area contributed by atoms with Crippen LogP contribution in [0.5, 0.6) is 0 Å². The number of nitrogens with one attached hydrogen (secondary N) is 2. The summed E-state index contributed by atoms with van der Waals surface area (Å²) in [6.07, 6.45) is 2.14. The van der Waals surface area contributed by atoms with Gasteiger partial charge in [-0.2, -0.15) is 0 Å². The molecule has 0 saturated heterocycles. The molecule has 3 N–H and O–H groups in total. The first-order chi connectivity index (χ1) is 9.87. The Hall–Kier alpha value is -1.55. The van der Waals surface area contributed by atoms with Crippen molar-refractivity contribution in [2.45, 2.75) is 52.0 Å². The highest BCUT2D eigenvalue weighted by atomic mass is 16.3. The van der Waals surface area contributed by atoms with E-state index in [1.165, 1.54) is 0 Å². The summed E-state index contributed by atoms with van der Waals surface area (Å²) in [5.41, 5.74) is 2.53. The van der Waals surface area contributed by atoms with E-state index in [2.05, 4.69) is 24.5 Å². The van der Waals surface area contributed by atoms with Gasteiger partial charge in [-0.3, -0.25) is 0 Å². The minimum Gasteiger partial charge on any atom is -0.394 e. The Morgan fingerprint density at radius 3 is 2.62 bits per heavy atom. The van der Waals surface area contributed by atoms with Crippen LogP contribution < -0.4 is 10.6 Å². The van der Waals surface area contributed by atoms with Gasteiger partial charge in [0, 0.05) is 5.69 Å². The molecule has 1 fully saturated rings. The highest BCUT2D eigenvalue weighted by Crippen LogP contribution is 2.39. The Bertz CT molecular complexity index is 524. The number of aryl methyl sites for hydroxylation is 1. The number of carbonyl (C=O) groups is 1. The highest BCUT2D eigenvalue weighted by Gasteiger charge is 2.42. The number of amides is 2. The first kappa shape index (κ1) is 15.8. The van der Waals surface area contributed by atoms with Crippen LogP contribution in [0.25, 0.3) is 0 Å². The molecule has 0 aromatic heterocycles. The van der Waals surface area contributed by atoms with Gasteiger partial charge in [-0.1, -0.05) is 32.0 Å². The molecule has 4 nitrogen and oxygen atoms in total. The molecular formula is C17H26N2O2. The normalized spacial score (nSPS) is 17.4. The Balaban J connectivity index is 2.13. The average Bonchev–Trinajstić information content (AvgIpc) is 3.25. The van der Waals surface area contributed by atoms with Crippen molar-refractivity contribution in [3.05, 3.63) is 29.3 Å². The Morgan fingerprint density at radius 2 is 2.10 bits per heavy atom.